The van der Waals surface area contributed by atoms with Crippen LogP contribution in [0, 0.1) is 11.6 Å². The van der Waals surface area contributed by atoms with Crippen LogP contribution in [0.1, 0.15) is 5.56 Å². The van der Waals surface area contributed by atoms with Gasteiger partial charge in [0.15, 0.2) is 0 Å². The number of hydrogen-bond donors (Lipinski definition) is 3. The molecule has 0 fully saturated rings. The summed E-state index contributed by atoms with van der Waals surface area (Å²) < 4.78 is 30.7. The number of ether oxygens (including phenoxy) is 1. The van der Waals surface area contributed by atoms with Crippen LogP contribution in [0.3, 0.4) is 0 Å². The van der Waals surface area contributed by atoms with Crippen molar-refractivity contribution in [1.29, 1.82) is 0 Å². The molecule has 0 saturated heterocycles. The fourth-order valence-corrected chi connectivity index (χ4v) is 1.56. The molecule has 0 saturated carbocycles. The van der Waals surface area contributed by atoms with Gasteiger partial charge in [0.1, 0.15) is 11.6 Å². The molecule has 0 aliphatic rings. The highest BCUT2D eigenvalue weighted by Crippen LogP contribution is 2.09. The highest BCUT2D eigenvalue weighted by Gasteiger charge is 2.07. The minimum Gasteiger partial charge on any atom is -0.389 e. The van der Waals surface area contributed by atoms with Crippen LogP contribution < -0.4 is 10.6 Å². The third-order valence-electron chi connectivity index (χ3n) is 2.55. The summed E-state index contributed by atoms with van der Waals surface area (Å²) in [5.74, 6) is -1.27. The van der Waals surface area contributed by atoms with E-state index >= 15 is 0 Å². The number of urea groups is 1. The number of methoxy groups -OCH3 is 1. The molecule has 0 aliphatic carbocycles. The lowest BCUT2D eigenvalue weighted by Crippen LogP contribution is -2.41. The van der Waals surface area contributed by atoms with Crippen LogP contribution in [-0.2, 0) is 11.2 Å². The molecule has 2 amide bonds. The van der Waals surface area contributed by atoms with E-state index in [4.69, 9.17) is 4.74 Å². The number of carbonyl (C=O) groups is 1. The van der Waals surface area contributed by atoms with Crippen molar-refractivity contribution in [1.82, 2.24) is 10.6 Å². The zero-order chi connectivity index (χ0) is 15.0. The van der Waals surface area contributed by atoms with Crippen molar-refractivity contribution >= 4 is 6.03 Å². The Bertz CT molecular complexity index is 444. The van der Waals surface area contributed by atoms with Gasteiger partial charge >= 0.3 is 6.03 Å². The first-order valence-electron chi connectivity index (χ1n) is 6.15. The van der Waals surface area contributed by atoms with Gasteiger partial charge in [-0.25, -0.2) is 13.6 Å². The molecule has 7 heteroatoms. The summed E-state index contributed by atoms with van der Waals surface area (Å²) in [7, 11) is 1.44. The summed E-state index contributed by atoms with van der Waals surface area (Å²) in [4.78, 5) is 11.4. The second-order valence-electron chi connectivity index (χ2n) is 4.23. The highest BCUT2D eigenvalue weighted by atomic mass is 19.1. The number of aliphatic hydroxyl groups is 1. The van der Waals surface area contributed by atoms with Crippen molar-refractivity contribution in [3.63, 3.8) is 0 Å². The highest BCUT2D eigenvalue weighted by molar-refractivity contribution is 5.73. The number of amides is 2. The van der Waals surface area contributed by atoms with Crippen LogP contribution in [0.5, 0.6) is 0 Å². The molecule has 0 aliphatic heterocycles. The van der Waals surface area contributed by atoms with Crippen LogP contribution in [-0.4, -0.2) is 44.0 Å². The second kappa shape index (κ2) is 8.44. The summed E-state index contributed by atoms with van der Waals surface area (Å²) in [6.45, 7) is 0.389. The molecule has 1 atom stereocenters. The Balaban J connectivity index is 2.24. The first kappa shape index (κ1) is 16.3. The molecular weight excluding hydrogens is 270 g/mol. The average molecular weight is 288 g/mol. The van der Waals surface area contributed by atoms with E-state index in [2.05, 4.69) is 10.6 Å². The number of rotatable bonds is 7. The zero-order valence-corrected chi connectivity index (χ0v) is 11.2. The number of hydrogen-bond acceptors (Lipinski definition) is 3. The molecule has 0 bridgehead atoms. The molecule has 1 aromatic carbocycles. The normalized spacial score (nSPS) is 12.0. The smallest absolute Gasteiger partial charge is 0.314 e. The van der Waals surface area contributed by atoms with E-state index in [0.717, 1.165) is 6.07 Å². The van der Waals surface area contributed by atoms with Gasteiger partial charge in [0, 0.05) is 26.3 Å². The van der Waals surface area contributed by atoms with Gasteiger partial charge in [0.2, 0.25) is 0 Å². The van der Waals surface area contributed by atoms with Gasteiger partial charge in [0.25, 0.3) is 0 Å². The van der Waals surface area contributed by atoms with Crippen LogP contribution in [0.4, 0.5) is 13.6 Å². The van der Waals surface area contributed by atoms with Crippen LogP contribution in [0.25, 0.3) is 0 Å². The molecule has 112 valence electrons. The van der Waals surface area contributed by atoms with Crippen molar-refractivity contribution in [2.45, 2.75) is 12.5 Å². The summed E-state index contributed by atoms with van der Waals surface area (Å²) in [5, 5.41) is 14.3. The van der Waals surface area contributed by atoms with E-state index in [1.54, 1.807) is 0 Å². The fourth-order valence-electron chi connectivity index (χ4n) is 1.56. The van der Waals surface area contributed by atoms with Crippen molar-refractivity contribution in [3.8, 4) is 0 Å². The zero-order valence-electron chi connectivity index (χ0n) is 11.2. The standard InChI is InChI=1S/C13H18F2N2O3/c1-20-8-11(18)7-17-13(19)16-5-4-9-2-3-10(14)6-12(9)15/h2-3,6,11,18H,4-5,7-8H2,1H3,(H2,16,17,19). The Labute approximate surface area is 115 Å². The topological polar surface area (TPSA) is 70.6 Å². The maximum absolute atomic E-state index is 13.3. The quantitative estimate of drug-likeness (QED) is 0.695. The van der Waals surface area contributed by atoms with Crippen LogP contribution >= 0.6 is 0 Å². The SMILES string of the molecule is COCC(O)CNC(=O)NCCc1ccc(F)cc1F. The van der Waals surface area contributed by atoms with Crippen molar-refractivity contribution < 1.29 is 23.4 Å². The molecule has 0 spiro atoms. The largest absolute Gasteiger partial charge is 0.389 e. The van der Waals surface area contributed by atoms with Crippen molar-refractivity contribution in [3.05, 3.63) is 35.4 Å². The maximum Gasteiger partial charge on any atom is 0.314 e. The minimum atomic E-state index is -0.778. The number of halogens is 2. The summed E-state index contributed by atoms with van der Waals surface area (Å²) in [6, 6.07) is 2.84. The maximum atomic E-state index is 13.3. The van der Waals surface area contributed by atoms with Gasteiger partial charge in [-0.05, 0) is 18.1 Å². The molecule has 3 N–H and O–H groups in total. The first-order valence-corrected chi connectivity index (χ1v) is 6.15. The minimum absolute atomic E-state index is 0.0601. The second-order valence-corrected chi connectivity index (χ2v) is 4.23. The van der Waals surface area contributed by atoms with Crippen LogP contribution in [0.15, 0.2) is 18.2 Å². The van der Waals surface area contributed by atoms with E-state index in [9.17, 15) is 18.7 Å². The van der Waals surface area contributed by atoms with Crippen molar-refractivity contribution in [2.75, 3.05) is 26.8 Å². The molecule has 20 heavy (non-hydrogen) atoms. The number of nitrogens with one attached hydrogen (secondary N) is 2. The molecule has 1 aromatic rings. The van der Waals surface area contributed by atoms with E-state index < -0.39 is 23.8 Å². The fraction of sp³-hybridized carbons (Fsp3) is 0.462. The molecule has 5 nitrogen and oxygen atoms in total. The van der Waals surface area contributed by atoms with Gasteiger partial charge in [-0.2, -0.15) is 0 Å². The lowest BCUT2D eigenvalue weighted by atomic mass is 10.1. The Morgan fingerprint density at radius 1 is 1.40 bits per heavy atom. The third kappa shape index (κ3) is 5.94. The predicted molar refractivity (Wildman–Crippen MR) is 69.3 cm³/mol. The average Bonchev–Trinajstić information content (AvgIpc) is 2.39. The lowest BCUT2D eigenvalue weighted by molar-refractivity contribution is 0.0660. The number of benzene rings is 1. The molecule has 0 heterocycles. The van der Waals surface area contributed by atoms with E-state index in [-0.39, 0.29) is 26.1 Å². The van der Waals surface area contributed by atoms with Gasteiger partial charge in [-0.3, -0.25) is 0 Å². The Morgan fingerprint density at radius 3 is 2.80 bits per heavy atom. The van der Waals surface area contributed by atoms with Gasteiger partial charge in [-0.15, -0.1) is 0 Å². The summed E-state index contributed by atoms with van der Waals surface area (Å²) in [6.07, 6.45) is -0.527. The molecule has 0 aromatic heterocycles. The van der Waals surface area contributed by atoms with Gasteiger partial charge in [-0.1, -0.05) is 6.07 Å². The monoisotopic (exact) mass is 288 g/mol. The molecule has 1 unspecified atom stereocenters. The third-order valence-corrected chi connectivity index (χ3v) is 2.55. The lowest BCUT2D eigenvalue weighted by Gasteiger charge is -2.11. The summed E-state index contributed by atoms with van der Waals surface area (Å²) in [5.41, 5.74) is 0.325. The molecule has 0 radical (unpaired) electrons. The van der Waals surface area contributed by atoms with Crippen LogP contribution in [0.2, 0.25) is 0 Å². The van der Waals surface area contributed by atoms with Crippen molar-refractivity contribution in [2.24, 2.45) is 0 Å². The molecular formula is C13H18F2N2O3. The van der Waals surface area contributed by atoms with E-state index in [0.29, 0.717) is 5.56 Å². The van der Waals surface area contributed by atoms with Gasteiger partial charge in [0.05, 0.1) is 12.7 Å². The Kier molecular flexibility index (Phi) is 6.89. The Hall–Kier alpha value is -1.73. The number of carbonyl (C=O) groups excluding carboxylic acids is 1. The van der Waals surface area contributed by atoms with E-state index in [1.807, 2.05) is 0 Å². The molecule has 1 rings (SSSR count). The predicted octanol–water partition coefficient (Wildman–Crippen LogP) is 0.814. The first-order chi connectivity index (χ1) is 9.52. The summed E-state index contributed by atoms with van der Waals surface area (Å²) >= 11 is 0. The van der Waals surface area contributed by atoms with E-state index in [1.165, 1.54) is 19.2 Å². The Morgan fingerprint density at radius 2 is 2.15 bits per heavy atom. The number of aliphatic hydroxyl groups excluding tert-OH is 1. The van der Waals surface area contributed by atoms with Gasteiger partial charge < -0.3 is 20.5 Å².